The first-order chi connectivity index (χ1) is 9.67. The Morgan fingerprint density at radius 1 is 1.29 bits per heavy atom. The number of carbonyl (C=O) groups is 1. The molecule has 1 saturated heterocycles. The number of carbonyl (C=O) groups excluding carboxylic acids is 1. The summed E-state index contributed by atoms with van der Waals surface area (Å²) >= 11 is 0. The van der Waals surface area contributed by atoms with Crippen molar-refractivity contribution < 1.29 is 9.18 Å². The fourth-order valence-corrected chi connectivity index (χ4v) is 2.80. The smallest absolute Gasteiger partial charge is 0.256 e. The van der Waals surface area contributed by atoms with Gasteiger partial charge in [-0.05, 0) is 63.4 Å². The van der Waals surface area contributed by atoms with E-state index in [1.54, 1.807) is 11.0 Å². The molecule has 118 valence electrons. The molecular weight excluding hydrogens is 291 g/mol. The molecule has 1 aromatic carbocycles. The first kappa shape index (κ1) is 17.9. The topological polar surface area (TPSA) is 32.3 Å². The summed E-state index contributed by atoms with van der Waals surface area (Å²) in [5.74, 6) is -0.192. The van der Waals surface area contributed by atoms with Gasteiger partial charge >= 0.3 is 0 Å². The molecule has 3 nitrogen and oxygen atoms in total. The van der Waals surface area contributed by atoms with Crippen molar-refractivity contribution in [3.8, 4) is 0 Å². The van der Waals surface area contributed by atoms with Gasteiger partial charge in [0.25, 0.3) is 5.91 Å². The van der Waals surface area contributed by atoms with Crippen molar-refractivity contribution in [3.05, 3.63) is 35.1 Å². The van der Waals surface area contributed by atoms with Crippen molar-refractivity contribution in [1.82, 2.24) is 10.2 Å². The van der Waals surface area contributed by atoms with E-state index in [9.17, 15) is 9.18 Å². The second kappa shape index (κ2) is 8.35. The van der Waals surface area contributed by atoms with Crippen LogP contribution in [-0.2, 0) is 0 Å². The summed E-state index contributed by atoms with van der Waals surface area (Å²) in [7, 11) is 0. The highest BCUT2D eigenvalue weighted by molar-refractivity contribution is 5.94. The van der Waals surface area contributed by atoms with Gasteiger partial charge in [-0.25, -0.2) is 4.39 Å². The van der Waals surface area contributed by atoms with Crippen LogP contribution in [0.15, 0.2) is 18.2 Å². The lowest BCUT2D eigenvalue weighted by atomic mass is 9.89. The number of hydrogen-bond donors (Lipinski definition) is 1. The molecule has 2 rings (SSSR count). The van der Waals surface area contributed by atoms with Crippen LogP contribution in [0.2, 0.25) is 0 Å². The van der Waals surface area contributed by atoms with Gasteiger partial charge in [-0.1, -0.05) is 6.07 Å². The van der Waals surface area contributed by atoms with Crippen LogP contribution in [-0.4, -0.2) is 37.0 Å². The Labute approximate surface area is 132 Å². The quantitative estimate of drug-likeness (QED) is 0.925. The van der Waals surface area contributed by atoms with Crippen LogP contribution in [0.4, 0.5) is 4.39 Å². The summed E-state index contributed by atoms with van der Waals surface area (Å²) < 4.78 is 14.0. The van der Waals surface area contributed by atoms with Crippen LogP contribution >= 0.6 is 12.4 Å². The fraction of sp³-hybridized carbons (Fsp3) is 0.562. The van der Waals surface area contributed by atoms with Crippen molar-refractivity contribution >= 4 is 18.3 Å². The first-order valence-electron chi connectivity index (χ1n) is 7.46. The first-order valence-corrected chi connectivity index (χ1v) is 7.46. The Bertz CT molecular complexity index is 471. The Balaban J connectivity index is 0.00000220. The summed E-state index contributed by atoms with van der Waals surface area (Å²) in [5.41, 5.74) is 1.30. The highest BCUT2D eigenvalue weighted by atomic mass is 35.5. The number of halogens is 2. The molecule has 0 unspecified atom stereocenters. The summed E-state index contributed by atoms with van der Waals surface area (Å²) in [4.78, 5) is 14.0. The minimum absolute atomic E-state index is 0. The molecule has 0 aliphatic carbocycles. The number of nitrogens with zero attached hydrogens (tertiary/aromatic N) is 1. The highest BCUT2D eigenvalue weighted by Gasteiger charge is 2.21. The molecule has 1 amide bonds. The monoisotopic (exact) mass is 314 g/mol. The number of hydrogen-bond acceptors (Lipinski definition) is 2. The second-order valence-electron chi connectivity index (χ2n) is 5.24. The number of nitrogens with one attached hydrogen (secondary N) is 1. The molecule has 1 aliphatic heterocycles. The molecule has 1 heterocycles. The summed E-state index contributed by atoms with van der Waals surface area (Å²) in [6.45, 7) is 7.01. The van der Waals surface area contributed by atoms with Gasteiger partial charge in [-0.3, -0.25) is 4.79 Å². The van der Waals surface area contributed by atoms with E-state index < -0.39 is 5.82 Å². The van der Waals surface area contributed by atoms with Crippen LogP contribution in [0.1, 0.15) is 48.5 Å². The molecule has 1 fully saturated rings. The summed E-state index contributed by atoms with van der Waals surface area (Å²) in [5, 5.41) is 3.32. The van der Waals surface area contributed by atoms with Crippen LogP contribution in [0.5, 0.6) is 0 Å². The zero-order valence-corrected chi connectivity index (χ0v) is 13.5. The molecule has 1 N–H and O–H groups in total. The molecule has 0 aromatic heterocycles. The largest absolute Gasteiger partial charge is 0.339 e. The lowest BCUT2D eigenvalue weighted by Crippen LogP contribution is -2.31. The molecule has 21 heavy (non-hydrogen) atoms. The third-order valence-corrected chi connectivity index (χ3v) is 4.08. The Morgan fingerprint density at radius 3 is 2.48 bits per heavy atom. The zero-order valence-electron chi connectivity index (χ0n) is 12.7. The Kier molecular flexibility index (Phi) is 7.12. The molecule has 1 aromatic rings. The van der Waals surface area contributed by atoms with Crippen LogP contribution in [0, 0.1) is 5.82 Å². The molecule has 1 aliphatic rings. The number of amides is 1. The number of benzene rings is 1. The SMILES string of the molecule is CCN(CC)C(=O)c1cc(C2CCNCC2)ccc1F.Cl. The highest BCUT2D eigenvalue weighted by Crippen LogP contribution is 2.27. The van der Waals surface area contributed by atoms with Gasteiger partial charge in [0.05, 0.1) is 5.56 Å². The van der Waals surface area contributed by atoms with Gasteiger partial charge in [0.2, 0.25) is 0 Å². The van der Waals surface area contributed by atoms with Gasteiger partial charge in [0.15, 0.2) is 0 Å². The maximum Gasteiger partial charge on any atom is 0.256 e. The van der Waals surface area contributed by atoms with E-state index in [4.69, 9.17) is 0 Å². The van der Waals surface area contributed by atoms with E-state index in [1.807, 2.05) is 19.9 Å². The van der Waals surface area contributed by atoms with Crippen molar-refractivity contribution in [2.24, 2.45) is 0 Å². The van der Waals surface area contributed by atoms with E-state index in [0.717, 1.165) is 31.5 Å². The minimum atomic E-state index is -0.417. The minimum Gasteiger partial charge on any atom is -0.339 e. The van der Waals surface area contributed by atoms with Crippen molar-refractivity contribution in [2.45, 2.75) is 32.6 Å². The average molecular weight is 315 g/mol. The average Bonchev–Trinajstić information content (AvgIpc) is 2.49. The Morgan fingerprint density at radius 2 is 1.90 bits per heavy atom. The van der Waals surface area contributed by atoms with Crippen molar-refractivity contribution in [2.75, 3.05) is 26.2 Å². The molecule has 0 bridgehead atoms. The van der Waals surface area contributed by atoms with Gasteiger partial charge in [0, 0.05) is 13.1 Å². The lowest BCUT2D eigenvalue weighted by molar-refractivity contribution is 0.0768. The molecular formula is C16H24ClFN2O. The van der Waals surface area contributed by atoms with Gasteiger partial charge in [-0.2, -0.15) is 0 Å². The molecule has 0 atom stereocenters. The fourth-order valence-electron chi connectivity index (χ4n) is 2.80. The van der Waals surface area contributed by atoms with Gasteiger partial charge in [0.1, 0.15) is 5.82 Å². The van der Waals surface area contributed by atoms with Crippen molar-refractivity contribution in [1.29, 1.82) is 0 Å². The zero-order chi connectivity index (χ0) is 14.5. The van der Waals surface area contributed by atoms with Gasteiger partial charge < -0.3 is 10.2 Å². The third kappa shape index (κ3) is 4.17. The maximum absolute atomic E-state index is 14.0. The number of piperidine rings is 1. The van der Waals surface area contributed by atoms with Crippen LogP contribution in [0.25, 0.3) is 0 Å². The van der Waals surface area contributed by atoms with E-state index in [1.165, 1.54) is 6.07 Å². The summed E-state index contributed by atoms with van der Waals surface area (Å²) in [6.07, 6.45) is 2.09. The molecule has 5 heteroatoms. The molecule has 0 radical (unpaired) electrons. The Hall–Kier alpha value is -1.13. The van der Waals surface area contributed by atoms with Crippen LogP contribution in [0.3, 0.4) is 0 Å². The summed E-state index contributed by atoms with van der Waals surface area (Å²) in [6, 6.07) is 5.02. The molecule has 0 spiro atoms. The van der Waals surface area contributed by atoms with E-state index in [0.29, 0.717) is 19.0 Å². The van der Waals surface area contributed by atoms with Gasteiger partial charge in [-0.15, -0.1) is 12.4 Å². The van der Waals surface area contributed by atoms with Crippen molar-refractivity contribution in [3.63, 3.8) is 0 Å². The van der Waals surface area contributed by atoms with Crippen LogP contribution < -0.4 is 5.32 Å². The predicted octanol–water partition coefficient (Wildman–Crippen LogP) is 3.20. The standard InChI is InChI=1S/C16H23FN2O.ClH/c1-3-19(4-2)16(20)14-11-13(5-6-15(14)17)12-7-9-18-10-8-12;/h5-6,11-12,18H,3-4,7-10H2,1-2H3;1H. The second-order valence-corrected chi connectivity index (χ2v) is 5.24. The maximum atomic E-state index is 14.0. The lowest BCUT2D eigenvalue weighted by Gasteiger charge is -2.24. The van der Waals surface area contributed by atoms with E-state index in [-0.39, 0.29) is 23.9 Å². The van der Waals surface area contributed by atoms with E-state index in [2.05, 4.69) is 5.32 Å². The number of rotatable bonds is 4. The van der Waals surface area contributed by atoms with E-state index >= 15 is 0 Å². The molecule has 0 saturated carbocycles. The normalized spacial score (nSPS) is 15.4. The third-order valence-electron chi connectivity index (χ3n) is 4.08. The predicted molar refractivity (Wildman–Crippen MR) is 85.7 cm³/mol.